The minimum absolute atomic E-state index is 0.00609. The first kappa shape index (κ1) is 22.5. The minimum Gasteiger partial charge on any atom is -0.454 e. The van der Waals surface area contributed by atoms with Gasteiger partial charge < -0.3 is 20.1 Å². The van der Waals surface area contributed by atoms with E-state index in [2.05, 4.69) is 36.1 Å². The van der Waals surface area contributed by atoms with Crippen LogP contribution in [0.4, 0.5) is 29.2 Å². The van der Waals surface area contributed by atoms with Crippen molar-refractivity contribution in [3.8, 4) is 11.5 Å². The lowest BCUT2D eigenvalue weighted by molar-refractivity contribution is -0.385. The molecule has 3 aromatic carbocycles. The monoisotopic (exact) mass is 484 g/mol. The molecule has 1 aliphatic heterocycles. The number of hydrazone groups is 1. The van der Waals surface area contributed by atoms with Gasteiger partial charge in [0.25, 0.3) is 5.69 Å². The molecule has 12 heteroatoms. The van der Waals surface area contributed by atoms with E-state index in [4.69, 9.17) is 9.47 Å². The van der Waals surface area contributed by atoms with Gasteiger partial charge in [-0.2, -0.15) is 20.1 Å². The Hall–Kier alpha value is -5.26. The molecule has 0 atom stereocenters. The summed E-state index contributed by atoms with van der Waals surface area (Å²) in [5.74, 6) is 1.47. The van der Waals surface area contributed by atoms with Crippen LogP contribution in [0.25, 0.3) is 0 Å². The third kappa shape index (κ3) is 5.44. The minimum atomic E-state index is -0.514. The molecular formula is C24H20N8O4. The van der Waals surface area contributed by atoms with Crippen LogP contribution < -0.4 is 25.5 Å². The van der Waals surface area contributed by atoms with Gasteiger partial charge in [-0.15, -0.1) is 0 Å². The van der Waals surface area contributed by atoms with Gasteiger partial charge in [-0.05, 0) is 23.8 Å². The zero-order valence-electron chi connectivity index (χ0n) is 18.8. The van der Waals surface area contributed by atoms with E-state index in [1.165, 1.54) is 18.3 Å². The summed E-state index contributed by atoms with van der Waals surface area (Å²) in [6, 6.07) is 22.1. The number of nitro groups is 1. The lowest BCUT2D eigenvalue weighted by Crippen LogP contribution is -2.09. The predicted molar refractivity (Wildman–Crippen MR) is 134 cm³/mol. The summed E-state index contributed by atoms with van der Waals surface area (Å²) in [5.41, 5.74) is 4.64. The van der Waals surface area contributed by atoms with E-state index in [1.54, 1.807) is 0 Å². The van der Waals surface area contributed by atoms with Crippen LogP contribution in [0.5, 0.6) is 11.5 Å². The Kier molecular flexibility index (Phi) is 6.47. The van der Waals surface area contributed by atoms with Gasteiger partial charge in [-0.25, -0.2) is 5.43 Å². The van der Waals surface area contributed by atoms with Gasteiger partial charge in [0.05, 0.1) is 22.8 Å². The van der Waals surface area contributed by atoms with Crippen LogP contribution in [-0.4, -0.2) is 32.9 Å². The van der Waals surface area contributed by atoms with E-state index in [-0.39, 0.29) is 24.0 Å². The fraction of sp³-hybridized carbons (Fsp3) is 0.0833. The highest BCUT2D eigenvalue weighted by Gasteiger charge is 2.22. The highest BCUT2D eigenvalue weighted by molar-refractivity contribution is 5.87. The molecule has 1 aromatic heterocycles. The first-order valence-corrected chi connectivity index (χ1v) is 10.9. The lowest BCUT2D eigenvalue weighted by atomic mass is 10.1. The number of ether oxygens (including phenoxy) is 2. The maximum Gasteiger partial charge on any atom is 0.282 e. The molecule has 5 rings (SSSR count). The van der Waals surface area contributed by atoms with Crippen LogP contribution in [0.3, 0.4) is 0 Å². The summed E-state index contributed by atoms with van der Waals surface area (Å²) in [4.78, 5) is 24.1. The second-order valence-corrected chi connectivity index (χ2v) is 7.53. The van der Waals surface area contributed by atoms with Crippen molar-refractivity contribution in [1.82, 2.24) is 15.0 Å². The second-order valence-electron chi connectivity index (χ2n) is 7.53. The average Bonchev–Trinajstić information content (AvgIpc) is 3.36. The van der Waals surface area contributed by atoms with Crippen molar-refractivity contribution in [3.05, 3.63) is 94.0 Å². The summed E-state index contributed by atoms with van der Waals surface area (Å²) in [7, 11) is 0. The Morgan fingerprint density at radius 2 is 1.58 bits per heavy atom. The maximum absolute atomic E-state index is 11.5. The third-order valence-corrected chi connectivity index (χ3v) is 5.05. The van der Waals surface area contributed by atoms with E-state index in [1.807, 2.05) is 60.7 Å². The molecule has 0 unspecified atom stereocenters. The number of benzene rings is 3. The van der Waals surface area contributed by atoms with Crippen LogP contribution >= 0.6 is 0 Å². The molecule has 3 N–H and O–H groups in total. The van der Waals surface area contributed by atoms with E-state index < -0.39 is 4.92 Å². The molecular weight excluding hydrogens is 464 g/mol. The van der Waals surface area contributed by atoms with Gasteiger partial charge in [0.2, 0.25) is 24.6 Å². The number of nitrogens with one attached hydrogen (secondary N) is 3. The van der Waals surface area contributed by atoms with Gasteiger partial charge in [0, 0.05) is 12.2 Å². The van der Waals surface area contributed by atoms with Gasteiger partial charge >= 0.3 is 0 Å². The quantitative estimate of drug-likeness (QED) is 0.178. The topological polar surface area (TPSA) is 149 Å². The van der Waals surface area contributed by atoms with E-state index in [9.17, 15) is 10.1 Å². The fourth-order valence-electron chi connectivity index (χ4n) is 3.36. The number of hydrogen-bond donors (Lipinski definition) is 3. The molecule has 180 valence electrons. The largest absolute Gasteiger partial charge is 0.454 e. The summed E-state index contributed by atoms with van der Waals surface area (Å²) in [6.07, 6.45) is 1.30. The predicted octanol–water partition coefficient (Wildman–Crippen LogP) is 4.31. The molecule has 0 fully saturated rings. The Labute approximate surface area is 205 Å². The molecule has 0 saturated carbocycles. The molecule has 0 spiro atoms. The van der Waals surface area contributed by atoms with Gasteiger partial charge in [0.15, 0.2) is 11.5 Å². The summed E-state index contributed by atoms with van der Waals surface area (Å²) in [6.45, 7) is 0.508. The molecule has 0 saturated heterocycles. The van der Waals surface area contributed by atoms with Crippen molar-refractivity contribution in [2.75, 3.05) is 22.9 Å². The van der Waals surface area contributed by atoms with Crippen LogP contribution in [0.15, 0.2) is 77.9 Å². The van der Waals surface area contributed by atoms with E-state index >= 15 is 0 Å². The van der Waals surface area contributed by atoms with Crippen molar-refractivity contribution >= 4 is 35.4 Å². The molecule has 0 bridgehead atoms. The summed E-state index contributed by atoms with van der Waals surface area (Å²) in [5, 5.41) is 21.9. The van der Waals surface area contributed by atoms with E-state index in [0.717, 1.165) is 11.3 Å². The van der Waals surface area contributed by atoms with Crippen molar-refractivity contribution in [3.63, 3.8) is 0 Å². The zero-order valence-corrected chi connectivity index (χ0v) is 18.8. The molecule has 0 radical (unpaired) electrons. The Morgan fingerprint density at radius 3 is 2.33 bits per heavy atom. The number of fused-ring (bicyclic) bond motifs is 1. The molecule has 4 aromatic rings. The number of nitro benzene ring substituents is 1. The highest BCUT2D eigenvalue weighted by atomic mass is 16.7. The number of hydrogen-bond acceptors (Lipinski definition) is 11. The number of rotatable bonds is 9. The first-order valence-electron chi connectivity index (χ1n) is 10.9. The van der Waals surface area contributed by atoms with Crippen molar-refractivity contribution in [2.24, 2.45) is 5.10 Å². The Bertz CT molecular complexity index is 1400. The maximum atomic E-state index is 11.5. The van der Waals surface area contributed by atoms with Crippen LogP contribution in [0.1, 0.15) is 11.1 Å². The number of nitrogens with zero attached hydrogens (tertiary/aromatic N) is 5. The summed E-state index contributed by atoms with van der Waals surface area (Å²) < 4.78 is 10.5. The van der Waals surface area contributed by atoms with Gasteiger partial charge in [-0.3, -0.25) is 10.1 Å². The second kappa shape index (κ2) is 10.3. The van der Waals surface area contributed by atoms with Gasteiger partial charge in [0.1, 0.15) is 0 Å². The lowest BCUT2D eigenvalue weighted by Gasteiger charge is -2.10. The van der Waals surface area contributed by atoms with E-state index in [0.29, 0.717) is 29.9 Å². The molecule has 2 heterocycles. The molecule has 0 aliphatic carbocycles. The smallest absolute Gasteiger partial charge is 0.282 e. The standard InChI is InChI=1S/C24H20N8O4/c33-32(34)19-12-21-20(35-15-36-21)11-17(19)14-26-31-24-29-22(25-13-16-7-3-1-4-8-16)28-23(30-24)27-18-9-5-2-6-10-18/h1-12,14H,13,15H2,(H3,25,27,28,29,30,31)/b26-14+. The molecule has 36 heavy (non-hydrogen) atoms. The highest BCUT2D eigenvalue weighted by Crippen LogP contribution is 2.37. The van der Waals surface area contributed by atoms with Crippen LogP contribution in [0, 0.1) is 10.1 Å². The van der Waals surface area contributed by atoms with Crippen LogP contribution in [-0.2, 0) is 6.54 Å². The Balaban J connectivity index is 1.38. The number of para-hydroxylation sites is 1. The van der Waals surface area contributed by atoms with Crippen molar-refractivity contribution in [1.29, 1.82) is 0 Å². The molecule has 1 aliphatic rings. The Morgan fingerprint density at radius 1 is 0.917 bits per heavy atom. The van der Waals surface area contributed by atoms with Crippen LogP contribution in [0.2, 0.25) is 0 Å². The molecule has 12 nitrogen and oxygen atoms in total. The zero-order chi connectivity index (χ0) is 24.7. The normalized spacial score (nSPS) is 11.9. The SMILES string of the molecule is O=[N+]([O-])c1cc2c(cc1/C=N/Nc1nc(NCc3ccccc3)nc(Nc3ccccc3)n1)OCO2. The first-order chi connectivity index (χ1) is 17.6. The average molecular weight is 484 g/mol. The van der Waals surface area contributed by atoms with Gasteiger partial charge in [-0.1, -0.05) is 48.5 Å². The number of anilines is 4. The molecule has 0 amide bonds. The number of aromatic nitrogens is 3. The fourth-order valence-corrected chi connectivity index (χ4v) is 3.36. The summed E-state index contributed by atoms with van der Waals surface area (Å²) >= 11 is 0. The van der Waals surface area contributed by atoms with Crippen molar-refractivity contribution < 1.29 is 14.4 Å². The third-order valence-electron chi connectivity index (χ3n) is 5.05. The van der Waals surface area contributed by atoms with Crippen molar-refractivity contribution in [2.45, 2.75) is 6.54 Å².